The lowest BCUT2D eigenvalue weighted by atomic mass is 9.52. The van der Waals surface area contributed by atoms with Gasteiger partial charge in [0.2, 0.25) is 0 Å². The van der Waals surface area contributed by atoms with Gasteiger partial charge >= 0.3 is 0 Å². The number of fused-ring (bicyclic) bond motifs is 1. The lowest BCUT2D eigenvalue weighted by molar-refractivity contribution is -0.178. The molecule has 0 aromatic heterocycles. The van der Waals surface area contributed by atoms with Crippen molar-refractivity contribution < 1.29 is 19.4 Å². The highest BCUT2D eigenvalue weighted by Gasteiger charge is 2.70. The second-order valence-corrected chi connectivity index (χ2v) is 7.56. The lowest BCUT2D eigenvalue weighted by Gasteiger charge is -2.58. The second kappa shape index (κ2) is 4.96. The van der Waals surface area contributed by atoms with Gasteiger partial charge in [-0.25, -0.2) is 0 Å². The van der Waals surface area contributed by atoms with E-state index in [-0.39, 0.29) is 11.8 Å². The average molecular weight is 331 g/mol. The van der Waals surface area contributed by atoms with Gasteiger partial charge in [-0.2, -0.15) is 0 Å². The van der Waals surface area contributed by atoms with Crippen molar-refractivity contribution in [1.29, 1.82) is 0 Å². The smallest absolute Gasteiger partial charge is 0.174 e. The van der Waals surface area contributed by atoms with Crippen molar-refractivity contribution in [3.63, 3.8) is 0 Å². The summed E-state index contributed by atoms with van der Waals surface area (Å²) >= 11 is 0. The molecule has 0 radical (unpaired) electrons. The molecule has 2 fully saturated rings. The molecule has 130 valence electrons. The number of piperidine rings is 1. The van der Waals surface area contributed by atoms with E-state index in [1.807, 2.05) is 26.1 Å². The number of nitrogens with zero attached hydrogens (tertiary/aromatic N) is 1. The SMILES string of the molecule is COc1ccc(C)c2c1OC1C(=O)CCC3(O)[C@@H](C)N(C)CC[C@]213. The average Bonchev–Trinajstić information content (AvgIpc) is 2.93. The van der Waals surface area contributed by atoms with Crippen LogP contribution in [0.3, 0.4) is 0 Å². The van der Waals surface area contributed by atoms with E-state index in [2.05, 4.69) is 11.8 Å². The molecule has 3 aliphatic rings. The summed E-state index contributed by atoms with van der Waals surface area (Å²) in [6.45, 7) is 4.91. The van der Waals surface area contributed by atoms with E-state index < -0.39 is 17.1 Å². The minimum Gasteiger partial charge on any atom is -0.493 e. The topological polar surface area (TPSA) is 59.0 Å². The molecular formula is C19H25NO4. The molecule has 5 heteroatoms. The number of carbonyl (C=O) groups excluding carboxylic acids is 1. The molecule has 0 amide bonds. The van der Waals surface area contributed by atoms with Gasteiger partial charge in [0.25, 0.3) is 0 Å². The number of hydrogen-bond acceptors (Lipinski definition) is 5. The van der Waals surface area contributed by atoms with Crippen molar-refractivity contribution in [2.45, 2.75) is 56.3 Å². The quantitative estimate of drug-likeness (QED) is 0.851. The van der Waals surface area contributed by atoms with Crippen LogP contribution in [0.4, 0.5) is 0 Å². The van der Waals surface area contributed by atoms with Crippen LogP contribution in [0, 0.1) is 6.92 Å². The molecule has 1 aromatic carbocycles. The third-order valence-electron chi connectivity index (χ3n) is 6.71. The number of benzene rings is 1. The standard InChI is InChI=1S/C19H25NO4/c1-11-5-6-14(23-4)16-15(11)18-9-10-20(3)12(2)19(18,22)8-7-13(21)17(18)24-16/h5-6,12,17,22H,7-10H2,1-4H3/t12-,17?,18+,19?/m1/s1. The van der Waals surface area contributed by atoms with Crippen LogP contribution in [0.25, 0.3) is 0 Å². The first kappa shape index (κ1) is 15.9. The number of carbonyl (C=O) groups is 1. The molecule has 1 aliphatic carbocycles. The lowest BCUT2D eigenvalue weighted by Crippen LogP contribution is -2.73. The van der Waals surface area contributed by atoms with Crippen LogP contribution in [-0.2, 0) is 10.2 Å². The van der Waals surface area contributed by atoms with Gasteiger partial charge in [0.15, 0.2) is 23.4 Å². The summed E-state index contributed by atoms with van der Waals surface area (Å²) in [5.41, 5.74) is 0.365. The molecule has 0 bridgehead atoms. The molecule has 4 atom stereocenters. The van der Waals surface area contributed by atoms with E-state index in [0.29, 0.717) is 30.8 Å². The summed E-state index contributed by atoms with van der Waals surface area (Å²) < 4.78 is 11.7. The van der Waals surface area contributed by atoms with Gasteiger partial charge in [-0.15, -0.1) is 0 Å². The molecule has 2 heterocycles. The number of likely N-dealkylation sites (tertiary alicyclic amines) is 1. The predicted molar refractivity (Wildman–Crippen MR) is 89.7 cm³/mol. The molecule has 1 N–H and O–H groups in total. The van der Waals surface area contributed by atoms with Gasteiger partial charge in [0, 0.05) is 18.0 Å². The van der Waals surface area contributed by atoms with E-state index >= 15 is 0 Å². The number of methoxy groups -OCH3 is 1. The first-order chi connectivity index (χ1) is 11.4. The Morgan fingerprint density at radius 3 is 2.83 bits per heavy atom. The third kappa shape index (κ3) is 1.64. The number of likely N-dealkylation sites (N-methyl/N-ethyl adjacent to an activating group) is 1. The van der Waals surface area contributed by atoms with E-state index in [0.717, 1.165) is 17.7 Å². The van der Waals surface area contributed by atoms with E-state index in [4.69, 9.17) is 9.47 Å². The Labute approximate surface area is 142 Å². The summed E-state index contributed by atoms with van der Waals surface area (Å²) in [7, 11) is 3.65. The van der Waals surface area contributed by atoms with E-state index in [1.165, 1.54) is 0 Å². The van der Waals surface area contributed by atoms with Gasteiger partial charge in [-0.3, -0.25) is 4.79 Å². The Morgan fingerprint density at radius 2 is 2.12 bits per heavy atom. The molecular weight excluding hydrogens is 306 g/mol. The molecule has 1 spiro atoms. The van der Waals surface area contributed by atoms with Crippen LogP contribution in [0.5, 0.6) is 11.5 Å². The molecule has 1 saturated heterocycles. The Balaban J connectivity index is 2.02. The zero-order chi connectivity index (χ0) is 17.3. The molecule has 4 rings (SSSR count). The maximum absolute atomic E-state index is 12.7. The molecule has 24 heavy (non-hydrogen) atoms. The fraction of sp³-hybridized carbons (Fsp3) is 0.632. The molecule has 2 aliphatic heterocycles. The van der Waals surface area contributed by atoms with Crippen molar-refractivity contribution in [3.05, 3.63) is 23.3 Å². The number of aliphatic hydroxyl groups is 1. The van der Waals surface area contributed by atoms with E-state index in [1.54, 1.807) is 7.11 Å². The van der Waals surface area contributed by atoms with Crippen molar-refractivity contribution >= 4 is 5.78 Å². The van der Waals surface area contributed by atoms with Gasteiger partial charge in [0.1, 0.15) is 0 Å². The zero-order valence-corrected chi connectivity index (χ0v) is 14.8. The van der Waals surface area contributed by atoms with Gasteiger partial charge < -0.3 is 19.5 Å². The highest BCUT2D eigenvalue weighted by atomic mass is 16.5. The first-order valence-electron chi connectivity index (χ1n) is 8.67. The largest absolute Gasteiger partial charge is 0.493 e. The molecule has 5 nitrogen and oxygen atoms in total. The minimum atomic E-state index is -0.985. The fourth-order valence-corrected chi connectivity index (χ4v) is 5.26. The zero-order valence-electron chi connectivity index (χ0n) is 14.8. The third-order valence-corrected chi connectivity index (χ3v) is 6.71. The van der Waals surface area contributed by atoms with Gasteiger partial charge in [-0.05, 0) is 51.9 Å². The number of Topliss-reactive ketones (excluding diaryl/α,β-unsaturated/α-hetero) is 1. The summed E-state index contributed by atoms with van der Waals surface area (Å²) in [5, 5.41) is 11.8. The molecule has 1 aromatic rings. The van der Waals surface area contributed by atoms with Crippen molar-refractivity contribution in [2.24, 2.45) is 0 Å². The second-order valence-electron chi connectivity index (χ2n) is 7.56. The van der Waals surface area contributed by atoms with Crippen LogP contribution in [0.2, 0.25) is 0 Å². The normalized spacial score (nSPS) is 38.1. The minimum absolute atomic E-state index is 0.0398. The van der Waals surface area contributed by atoms with Crippen LogP contribution in [0.1, 0.15) is 37.3 Å². The number of rotatable bonds is 1. The molecule has 1 saturated carbocycles. The summed E-state index contributed by atoms with van der Waals surface area (Å²) in [4.78, 5) is 14.9. The fourth-order valence-electron chi connectivity index (χ4n) is 5.26. The monoisotopic (exact) mass is 331 g/mol. The Morgan fingerprint density at radius 1 is 1.38 bits per heavy atom. The number of ketones is 1. The highest BCUT2D eigenvalue weighted by molar-refractivity contribution is 5.89. The first-order valence-corrected chi connectivity index (χ1v) is 8.67. The highest BCUT2D eigenvalue weighted by Crippen LogP contribution is 2.61. The maximum atomic E-state index is 12.7. The Bertz CT molecular complexity index is 718. The van der Waals surface area contributed by atoms with Crippen LogP contribution < -0.4 is 9.47 Å². The van der Waals surface area contributed by atoms with Gasteiger partial charge in [-0.1, -0.05) is 6.07 Å². The van der Waals surface area contributed by atoms with Crippen LogP contribution in [-0.4, -0.2) is 54.2 Å². The number of aryl methyl sites for hydroxylation is 1. The Hall–Kier alpha value is -1.59. The molecule has 2 unspecified atom stereocenters. The van der Waals surface area contributed by atoms with Crippen LogP contribution >= 0.6 is 0 Å². The number of hydrogen-bond donors (Lipinski definition) is 1. The summed E-state index contributed by atoms with van der Waals surface area (Å²) in [5.74, 6) is 1.38. The van der Waals surface area contributed by atoms with E-state index in [9.17, 15) is 9.90 Å². The predicted octanol–water partition coefficient (Wildman–Crippen LogP) is 1.82. The van der Waals surface area contributed by atoms with Crippen molar-refractivity contribution in [3.8, 4) is 11.5 Å². The Kier molecular flexibility index (Phi) is 3.29. The summed E-state index contributed by atoms with van der Waals surface area (Å²) in [6.07, 6.45) is 0.934. The number of ether oxygens (including phenoxy) is 2. The summed E-state index contributed by atoms with van der Waals surface area (Å²) in [6, 6.07) is 3.84. The van der Waals surface area contributed by atoms with Crippen LogP contribution in [0.15, 0.2) is 12.1 Å². The van der Waals surface area contributed by atoms with Crippen molar-refractivity contribution in [1.82, 2.24) is 4.90 Å². The van der Waals surface area contributed by atoms with Crippen molar-refractivity contribution in [2.75, 3.05) is 20.7 Å². The van der Waals surface area contributed by atoms with Gasteiger partial charge in [0.05, 0.1) is 18.1 Å². The maximum Gasteiger partial charge on any atom is 0.174 e.